The van der Waals surface area contributed by atoms with E-state index in [1.807, 2.05) is 18.2 Å². The molecule has 100 valence electrons. The summed E-state index contributed by atoms with van der Waals surface area (Å²) in [4.78, 5) is 10.4. The smallest absolute Gasteiger partial charge is 0.270 e. The largest absolute Gasteiger partial charge is 0.456 e. The van der Waals surface area contributed by atoms with Gasteiger partial charge in [0.25, 0.3) is 5.69 Å². The van der Waals surface area contributed by atoms with E-state index in [2.05, 4.69) is 19.1 Å². The molecule has 0 amide bonds. The summed E-state index contributed by atoms with van der Waals surface area (Å²) in [7, 11) is 0. The van der Waals surface area contributed by atoms with Crippen LogP contribution in [0.25, 0.3) is 22.3 Å². The van der Waals surface area contributed by atoms with Gasteiger partial charge in [-0.3, -0.25) is 10.1 Å². The lowest BCUT2D eigenvalue weighted by Crippen LogP contribution is -1.85. The Morgan fingerprint density at radius 1 is 1.10 bits per heavy atom. The highest BCUT2D eigenvalue weighted by atomic mass is 16.6. The Kier molecular flexibility index (Phi) is 2.99. The zero-order chi connectivity index (χ0) is 14.1. The van der Waals surface area contributed by atoms with Gasteiger partial charge in [0.1, 0.15) is 11.3 Å². The van der Waals surface area contributed by atoms with Crippen molar-refractivity contribution < 1.29 is 9.34 Å². The van der Waals surface area contributed by atoms with Gasteiger partial charge in [0.05, 0.1) is 4.92 Å². The van der Waals surface area contributed by atoms with Crippen molar-refractivity contribution >= 4 is 16.7 Å². The molecule has 0 aliphatic carbocycles. The molecule has 2 aromatic carbocycles. The normalized spacial score (nSPS) is 10.8. The van der Waals surface area contributed by atoms with Crippen LogP contribution in [0.3, 0.4) is 0 Å². The molecule has 0 atom stereocenters. The third-order valence-electron chi connectivity index (χ3n) is 3.36. The quantitative estimate of drug-likeness (QED) is 0.516. The van der Waals surface area contributed by atoms with Gasteiger partial charge in [-0.1, -0.05) is 31.2 Å². The Labute approximate surface area is 115 Å². The van der Waals surface area contributed by atoms with E-state index in [0.717, 1.165) is 23.1 Å². The van der Waals surface area contributed by atoms with Crippen LogP contribution in [-0.2, 0) is 6.42 Å². The van der Waals surface area contributed by atoms with Crippen LogP contribution in [0.2, 0.25) is 0 Å². The third-order valence-corrected chi connectivity index (χ3v) is 3.36. The van der Waals surface area contributed by atoms with Crippen LogP contribution in [0.1, 0.15) is 12.5 Å². The highest BCUT2D eigenvalue weighted by Gasteiger charge is 2.11. The molecular formula is C16H13NO3. The lowest BCUT2D eigenvalue weighted by molar-refractivity contribution is -0.384. The number of non-ortho nitro benzene ring substituents is 1. The van der Waals surface area contributed by atoms with Crippen molar-refractivity contribution in [2.24, 2.45) is 0 Å². The van der Waals surface area contributed by atoms with Crippen LogP contribution in [0.15, 0.2) is 52.9 Å². The molecule has 20 heavy (non-hydrogen) atoms. The maximum Gasteiger partial charge on any atom is 0.270 e. The Morgan fingerprint density at radius 2 is 1.85 bits per heavy atom. The number of nitrogens with zero attached hydrogens (tertiary/aromatic N) is 1. The molecule has 0 saturated heterocycles. The van der Waals surface area contributed by atoms with Crippen LogP contribution in [0, 0.1) is 10.1 Å². The summed E-state index contributed by atoms with van der Waals surface area (Å²) in [5, 5.41) is 11.5. The van der Waals surface area contributed by atoms with Crippen molar-refractivity contribution in [1.82, 2.24) is 0 Å². The second-order valence-corrected chi connectivity index (χ2v) is 4.64. The van der Waals surface area contributed by atoms with Crippen LogP contribution < -0.4 is 0 Å². The second-order valence-electron chi connectivity index (χ2n) is 4.64. The molecule has 0 saturated carbocycles. The molecule has 0 radical (unpaired) electrons. The fraction of sp³-hybridized carbons (Fsp3) is 0.125. The predicted octanol–water partition coefficient (Wildman–Crippen LogP) is 4.57. The first kappa shape index (κ1) is 12.4. The number of rotatable bonds is 3. The van der Waals surface area contributed by atoms with E-state index in [-0.39, 0.29) is 5.69 Å². The van der Waals surface area contributed by atoms with E-state index in [9.17, 15) is 10.1 Å². The lowest BCUT2D eigenvalue weighted by Gasteiger charge is -1.98. The first-order chi connectivity index (χ1) is 9.67. The van der Waals surface area contributed by atoms with E-state index >= 15 is 0 Å². The van der Waals surface area contributed by atoms with Crippen molar-refractivity contribution in [3.8, 4) is 11.3 Å². The molecule has 0 spiro atoms. The monoisotopic (exact) mass is 267 g/mol. The lowest BCUT2D eigenvalue weighted by atomic mass is 10.1. The molecule has 3 rings (SSSR count). The molecule has 3 aromatic rings. The number of furan rings is 1. The Balaban J connectivity index is 2.05. The maximum atomic E-state index is 10.8. The molecule has 4 heteroatoms. The minimum Gasteiger partial charge on any atom is -0.456 e. The predicted molar refractivity (Wildman–Crippen MR) is 77.7 cm³/mol. The SMILES string of the molecule is CCc1ccc(-c2cc3cc([N+](=O)[O-])ccc3o2)cc1. The number of nitro groups is 1. The molecular weight excluding hydrogens is 254 g/mol. The second kappa shape index (κ2) is 4.81. The van der Waals surface area contributed by atoms with Crippen LogP contribution in [-0.4, -0.2) is 4.92 Å². The Hall–Kier alpha value is -2.62. The molecule has 1 aromatic heterocycles. The molecule has 0 N–H and O–H groups in total. The molecule has 1 heterocycles. The van der Waals surface area contributed by atoms with Gasteiger partial charge in [-0.25, -0.2) is 0 Å². The number of nitro benzene ring substituents is 1. The highest BCUT2D eigenvalue weighted by Crippen LogP contribution is 2.30. The van der Waals surface area contributed by atoms with Crippen molar-refractivity contribution in [3.63, 3.8) is 0 Å². The van der Waals surface area contributed by atoms with Crippen LogP contribution in [0.5, 0.6) is 0 Å². The minimum atomic E-state index is -0.401. The first-order valence-corrected chi connectivity index (χ1v) is 6.44. The Morgan fingerprint density at radius 3 is 2.50 bits per heavy atom. The fourth-order valence-corrected chi connectivity index (χ4v) is 2.19. The molecule has 0 aliphatic heterocycles. The number of aryl methyl sites for hydroxylation is 1. The highest BCUT2D eigenvalue weighted by molar-refractivity contribution is 5.84. The average molecular weight is 267 g/mol. The van der Waals surface area contributed by atoms with Gasteiger partial charge in [0, 0.05) is 23.1 Å². The van der Waals surface area contributed by atoms with Gasteiger partial charge in [-0.05, 0) is 24.1 Å². The number of benzene rings is 2. The van der Waals surface area contributed by atoms with Crippen molar-refractivity contribution in [1.29, 1.82) is 0 Å². The van der Waals surface area contributed by atoms with Gasteiger partial charge < -0.3 is 4.42 Å². The summed E-state index contributed by atoms with van der Waals surface area (Å²) < 4.78 is 5.74. The number of fused-ring (bicyclic) bond motifs is 1. The summed E-state index contributed by atoms with van der Waals surface area (Å²) in [5.74, 6) is 0.725. The fourth-order valence-electron chi connectivity index (χ4n) is 2.19. The van der Waals surface area contributed by atoms with Gasteiger partial charge in [-0.15, -0.1) is 0 Å². The number of hydrogen-bond acceptors (Lipinski definition) is 3. The average Bonchev–Trinajstić information content (AvgIpc) is 2.90. The summed E-state index contributed by atoms with van der Waals surface area (Å²) in [5.41, 5.74) is 2.97. The van der Waals surface area contributed by atoms with E-state index in [4.69, 9.17) is 4.42 Å². The van der Waals surface area contributed by atoms with Gasteiger partial charge in [0.2, 0.25) is 0 Å². The first-order valence-electron chi connectivity index (χ1n) is 6.44. The third kappa shape index (κ3) is 2.16. The minimum absolute atomic E-state index is 0.0752. The van der Waals surface area contributed by atoms with E-state index in [0.29, 0.717) is 5.58 Å². The standard InChI is InChI=1S/C16H13NO3/c1-2-11-3-5-12(6-4-11)16-10-13-9-14(17(18)19)7-8-15(13)20-16/h3-10H,2H2,1H3. The topological polar surface area (TPSA) is 56.3 Å². The molecule has 0 bridgehead atoms. The van der Waals surface area contributed by atoms with Gasteiger partial charge in [-0.2, -0.15) is 0 Å². The summed E-state index contributed by atoms with van der Waals surface area (Å²) in [6.45, 7) is 2.11. The number of hydrogen-bond donors (Lipinski definition) is 0. The van der Waals surface area contributed by atoms with E-state index < -0.39 is 4.92 Å². The zero-order valence-electron chi connectivity index (χ0n) is 11.0. The van der Waals surface area contributed by atoms with Crippen molar-refractivity contribution in [3.05, 3.63) is 64.2 Å². The van der Waals surface area contributed by atoms with E-state index in [1.165, 1.54) is 17.7 Å². The molecule has 0 fully saturated rings. The maximum absolute atomic E-state index is 10.8. The molecule has 4 nitrogen and oxygen atoms in total. The van der Waals surface area contributed by atoms with Crippen LogP contribution in [0.4, 0.5) is 5.69 Å². The van der Waals surface area contributed by atoms with E-state index in [1.54, 1.807) is 6.07 Å². The van der Waals surface area contributed by atoms with Crippen molar-refractivity contribution in [2.45, 2.75) is 13.3 Å². The zero-order valence-corrected chi connectivity index (χ0v) is 11.0. The van der Waals surface area contributed by atoms with Gasteiger partial charge in [0.15, 0.2) is 0 Å². The van der Waals surface area contributed by atoms with Crippen LogP contribution >= 0.6 is 0 Å². The summed E-state index contributed by atoms with van der Waals surface area (Å²) in [6, 6.07) is 14.6. The summed E-state index contributed by atoms with van der Waals surface area (Å²) >= 11 is 0. The molecule has 0 aliphatic rings. The van der Waals surface area contributed by atoms with Crippen molar-refractivity contribution in [2.75, 3.05) is 0 Å². The molecule has 0 unspecified atom stereocenters. The van der Waals surface area contributed by atoms with Gasteiger partial charge >= 0.3 is 0 Å². The Bertz CT molecular complexity index is 772. The summed E-state index contributed by atoms with van der Waals surface area (Å²) in [6.07, 6.45) is 0.993.